The third kappa shape index (κ3) is 1.26. The Morgan fingerprint density at radius 3 is 2.10 bits per heavy atom. The molecule has 20 heavy (non-hydrogen) atoms. The Hall–Kier alpha value is -2.12. The summed E-state index contributed by atoms with van der Waals surface area (Å²) in [6, 6.07) is 20.8. The Morgan fingerprint density at radius 1 is 0.750 bits per heavy atom. The minimum Gasteiger partial charge on any atom is -0.310 e. The van der Waals surface area contributed by atoms with Gasteiger partial charge < -0.3 is 5.32 Å². The first-order chi connectivity index (χ1) is 9.92. The highest BCUT2D eigenvalue weighted by molar-refractivity contribution is 6.23. The maximum absolute atomic E-state index is 3.54. The van der Waals surface area contributed by atoms with E-state index in [0.29, 0.717) is 6.04 Å². The van der Waals surface area contributed by atoms with Crippen LogP contribution in [0.1, 0.15) is 18.0 Å². The molecule has 0 radical (unpaired) electrons. The molecule has 1 fully saturated rings. The molecule has 5 rings (SSSR count). The van der Waals surface area contributed by atoms with E-state index in [2.05, 4.69) is 59.9 Å². The van der Waals surface area contributed by atoms with Crippen molar-refractivity contribution in [1.82, 2.24) is 5.32 Å². The van der Waals surface area contributed by atoms with E-state index in [1.54, 1.807) is 0 Å². The van der Waals surface area contributed by atoms with Crippen molar-refractivity contribution in [3.05, 3.63) is 60.2 Å². The van der Waals surface area contributed by atoms with E-state index >= 15 is 0 Å². The second-order valence-corrected chi connectivity index (χ2v) is 5.81. The van der Waals surface area contributed by atoms with Crippen LogP contribution in [0.5, 0.6) is 0 Å². The highest BCUT2D eigenvalue weighted by Gasteiger charge is 2.21. The zero-order chi connectivity index (χ0) is 13.1. The Balaban J connectivity index is 2.02. The molecule has 1 heterocycles. The topological polar surface area (TPSA) is 12.0 Å². The molecule has 0 unspecified atom stereocenters. The second-order valence-electron chi connectivity index (χ2n) is 5.81. The van der Waals surface area contributed by atoms with Crippen LogP contribution in [0.4, 0.5) is 0 Å². The average molecular weight is 257 g/mol. The quantitative estimate of drug-likeness (QED) is 0.491. The summed E-state index contributed by atoms with van der Waals surface area (Å²) < 4.78 is 0. The molecule has 1 nitrogen and oxygen atoms in total. The van der Waals surface area contributed by atoms with Gasteiger partial charge in [-0.05, 0) is 50.8 Å². The first-order valence-corrected chi connectivity index (χ1v) is 7.32. The van der Waals surface area contributed by atoms with Crippen LogP contribution in [0, 0.1) is 0 Å². The molecule has 0 spiro atoms. The van der Waals surface area contributed by atoms with Crippen molar-refractivity contribution in [1.29, 1.82) is 0 Å². The Morgan fingerprint density at radius 2 is 1.40 bits per heavy atom. The van der Waals surface area contributed by atoms with Gasteiger partial charge in [-0.2, -0.15) is 0 Å². The van der Waals surface area contributed by atoms with Crippen molar-refractivity contribution in [3.63, 3.8) is 0 Å². The molecule has 96 valence electrons. The van der Waals surface area contributed by atoms with Crippen LogP contribution in [-0.2, 0) is 0 Å². The van der Waals surface area contributed by atoms with E-state index in [1.165, 1.54) is 44.3 Å². The van der Waals surface area contributed by atoms with Gasteiger partial charge in [-0.25, -0.2) is 0 Å². The van der Waals surface area contributed by atoms with E-state index in [0.717, 1.165) is 6.54 Å². The molecule has 1 N–H and O–H groups in total. The minimum absolute atomic E-state index is 0.541. The molecule has 1 atom stereocenters. The fourth-order valence-corrected chi connectivity index (χ4v) is 3.62. The number of hydrogen-bond donors (Lipinski definition) is 1. The van der Waals surface area contributed by atoms with E-state index in [4.69, 9.17) is 0 Å². The van der Waals surface area contributed by atoms with E-state index in [9.17, 15) is 0 Å². The standard InChI is InChI=1S/C19H15N/c1-2-12-4-5-14-6-8-15(17-10-11-20-17)16-9-7-13(3-1)18(12)19(14)16/h1-9,17,20H,10-11H2/t17-/m1/s1. The van der Waals surface area contributed by atoms with Crippen LogP contribution in [0.3, 0.4) is 0 Å². The van der Waals surface area contributed by atoms with Gasteiger partial charge in [-0.15, -0.1) is 0 Å². The summed E-state index contributed by atoms with van der Waals surface area (Å²) in [5.41, 5.74) is 1.46. The highest BCUT2D eigenvalue weighted by Crippen LogP contribution is 2.38. The molecule has 0 saturated carbocycles. The number of nitrogens with one attached hydrogen (secondary N) is 1. The van der Waals surface area contributed by atoms with Crippen LogP contribution >= 0.6 is 0 Å². The molecule has 1 aliphatic rings. The number of hydrogen-bond acceptors (Lipinski definition) is 1. The molecule has 0 aliphatic carbocycles. The maximum Gasteiger partial charge on any atom is 0.0338 e. The molecule has 0 bridgehead atoms. The van der Waals surface area contributed by atoms with Gasteiger partial charge in [0.15, 0.2) is 0 Å². The lowest BCUT2D eigenvalue weighted by Gasteiger charge is -2.29. The van der Waals surface area contributed by atoms with Crippen LogP contribution in [0.2, 0.25) is 0 Å². The zero-order valence-electron chi connectivity index (χ0n) is 11.2. The van der Waals surface area contributed by atoms with Crippen molar-refractivity contribution in [2.24, 2.45) is 0 Å². The fourth-order valence-electron chi connectivity index (χ4n) is 3.62. The summed E-state index contributed by atoms with van der Waals surface area (Å²) in [6.45, 7) is 1.15. The lowest BCUT2D eigenvalue weighted by atomic mass is 9.87. The largest absolute Gasteiger partial charge is 0.310 e. The van der Waals surface area contributed by atoms with Gasteiger partial charge in [0, 0.05) is 6.04 Å². The summed E-state index contributed by atoms with van der Waals surface area (Å²) in [6.07, 6.45) is 1.25. The van der Waals surface area contributed by atoms with Gasteiger partial charge in [0.05, 0.1) is 0 Å². The number of benzene rings is 4. The Bertz CT molecular complexity index is 919. The molecule has 4 aromatic rings. The van der Waals surface area contributed by atoms with Crippen LogP contribution in [-0.4, -0.2) is 6.54 Å². The smallest absolute Gasteiger partial charge is 0.0338 e. The highest BCUT2D eigenvalue weighted by atomic mass is 15.0. The first kappa shape index (κ1) is 10.6. The Kier molecular flexibility index (Phi) is 1.97. The van der Waals surface area contributed by atoms with Crippen LogP contribution < -0.4 is 5.32 Å². The summed E-state index contributed by atoms with van der Waals surface area (Å²) >= 11 is 0. The van der Waals surface area contributed by atoms with Gasteiger partial charge in [0.1, 0.15) is 0 Å². The third-order valence-corrected chi connectivity index (χ3v) is 4.76. The van der Waals surface area contributed by atoms with Gasteiger partial charge in [0.2, 0.25) is 0 Å². The van der Waals surface area contributed by atoms with Gasteiger partial charge in [0.25, 0.3) is 0 Å². The van der Waals surface area contributed by atoms with Gasteiger partial charge in [-0.1, -0.05) is 54.6 Å². The molecule has 4 aromatic carbocycles. The summed E-state index contributed by atoms with van der Waals surface area (Å²) in [4.78, 5) is 0. The van der Waals surface area contributed by atoms with Crippen molar-refractivity contribution < 1.29 is 0 Å². The van der Waals surface area contributed by atoms with Gasteiger partial charge >= 0.3 is 0 Å². The van der Waals surface area contributed by atoms with Crippen molar-refractivity contribution >= 4 is 32.3 Å². The van der Waals surface area contributed by atoms with E-state index in [-0.39, 0.29) is 0 Å². The van der Waals surface area contributed by atoms with Crippen LogP contribution in [0.15, 0.2) is 54.6 Å². The predicted octanol–water partition coefficient (Wildman–Crippen LogP) is 4.62. The maximum atomic E-state index is 3.54. The third-order valence-electron chi connectivity index (χ3n) is 4.76. The molecular formula is C19H15N. The average Bonchev–Trinajstić information content (AvgIpc) is 2.44. The monoisotopic (exact) mass is 257 g/mol. The molecular weight excluding hydrogens is 242 g/mol. The molecule has 1 heteroatoms. The Labute approximate surface area is 117 Å². The van der Waals surface area contributed by atoms with Crippen LogP contribution in [0.25, 0.3) is 32.3 Å². The normalized spacial score (nSPS) is 18.9. The van der Waals surface area contributed by atoms with Crippen molar-refractivity contribution in [2.45, 2.75) is 12.5 Å². The zero-order valence-corrected chi connectivity index (χ0v) is 11.2. The summed E-state index contributed by atoms with van der Waals surface area (Å²) in [7, 11) is 0. The first-order valence-electron chi connectivity index (χ1n) is 7.32. The molecule has 0 amide bonds. The van der Waals surface area contributed by atoms with Crippen molar-refractivity contribution in [3.8, 4) is 0 Å². The SMILES string of the molecule is c1cc2ccc3ccc([C@H]4CCN4)c4ccc(c1)c2c34. The fraction of sp³-hybridized carbons (Fsp3) is 0.158. The summed E-state index contributed by atoms with van der Waals surface area (Å²) in [5, 5.41) is 11.9. The molecule has 0 aromatic heterocycles. The second kappa shape index (κ2) is 3.71. The van der Waals surface area contributed by atoms with E-state index in [1.807, 2.05) is 0 Å². The van der Waals surface area contributed by atoms with E-state index < -0.39 is 0 Å². The minimum atomic E-state index is 0.541. The van der Waals surface area contributed by atoms with Crippen molar-refractivity contribution in [2.75, 3.05) is 6.54 Å². The lowest BCUT2D eigenvalue weighted by molar-refractivity contribution is 0.386. The summed E-state index contributed by atoms with van der Waals surface area (Å²) in [5.74, 6) is 0. The molecule has 1 saturated heterocycles. The number of rotatable bonds is 1. The predicted molar refractivity (Wildman–Crippen MR) is 85.5 cm³/mol. The van der Waals surface area contributed by atoms with Gasteiger partial charge in [-0.3, -0.25) is 0 Å². The lowest BCUT2D eigenvalue weighted by Crippen LogP contribution is -2.35. The molecule has 1 aliphatic heterocycles.